The lowest BCUT2D eigenvalue weighted by atomic mass is 9.99. The summed E-state index contributed by atoms with van der Waals surface area (Å²) in [7, 11) is 0. The second-order valence-corrected chi connectivity index (χ2v) is 17.1. The molecule has 0 radical (unpaired) electrons. The van der Waals surface area contributed by atoms with Gasteiger partial charge in [-0.3, -0.25) is 4.57 Å². The van der Waals surface area contributed by atoms with Gasteiger partial charge in [-0.05, 0) is 76.9 Å². The molecule has 0 aliphatic carbocycles. The van der Waals surface area contributed by atoms with E-state index in [4.69, 9.17) is 19.9 Å². The van der Waals surface area contributed by atoms with Gasteiger partial charge in [0.2, 0.25) is 5.95 Å². The molecule has 0 aliphatic heterocycles. The van der Waals surface area contributed by atoms with Crippen molar-refractivity contribution in [3.05, 3.63) is 243 Å². The second kappa shape index (κ2) is 16.3. The van der Waals surface area contributed by atoms with Gasteiger partial charge >= 0.3 is 0 Å². The number of nitrogens with zero attached hydrogens (tertiary/aromatic N) is 6. The normalized spacial score (nSPS) is 11.5. The standard InChI is InChI=1S/C62H40N6/c1-5-19-41(20-6-1)45-27-18-30-49(36-45)67-56-33-15-13-31-50(56)52-39-53-51-32-14-16-34-57(51)68(59(53)40-58(52)67)62-65-60(44-25-11-4-12-26-44)64-61(66-62)47-29-17-28-46(35-47)55-38-48(42-21-7-2-8-22-42)37-54(63-55)43-23-9-3-10-24-43/h1-40H. The van der Waals surface area contributed by atoms with Gasteiger partial charge in [-0.25, -0.2) is 9.97 Å². The van der Waals surface area contributed by atoms with Crippen LogP contribution in [0, 0.1) is 0 Å². The Morgan fingerprint density at radius 3 is 1.37 bits per heavy atom. The molecule has 0 atom stereocenters. The van der Waals surface area contributed by atoms with Crippen LogP contribution in [0.3, 0.4) is 0 Å². The van der Waals surface area contributed by atoms with Crippen LogP contribution in [0.5, 0.6) is 0 Å². The maximum absolute atomic E-state index is 5.40. The van der Waals surface area contributed by atoms with Crippen molar-refractivity contribution in [2.75, 3.05) is 0 Å². The van der Waals surface area contributed by atoms with Crippen molar-refractivity contribution in [2.24, 2.45) is 0 Å². The van der Waals surface area contributed by atoms with Gasteiger partial charge in [-0.1, -0.05) is 188 Å². The van der Waals surface area contributed by atoms with Gasteiger partial charge in [0.15, 0.2) is 11.6 Å². The molecule has 0 spiro atoms. The SMILES string of the molecule is c1ccc(-c2cccc(-n3c4ccccc4c4cc5c6ccccc6n(-c6nc(-c7ccccc7)nc(-c7cccc(-c8cc(-c9ccccc9)cc(-c9ccccc9)n8)c7)n6)c5cc43)c2)cc1. The molecule has 13 rings (SSSR count). The fourth-order valence-electron chi connectivity index (χ4n) is 9.74. The summed E-state index contributed by atoms with van der Waals surface area (Å²) in [5.74, 6) is 1.69. The first-order valence-corrected chi connectivity index (χ1v) is 22.9. The zero-order valence-electron chi connectivity index (χ0n) is 36.8. The fraction of sp³-hybridized carbons (Fsp3) is 0. The Morgan fingerprint density at radius 1 is 0.235 bits per heavy atom. The van der Waals surface area contributed by atoms with Crippen molar-refractivity contribution in [1.29, 1.82) is 0 Å². The largest absolute Gasteiger partial charge is 0.309 e. The molecule has 0 bridgehead atoms. The third kappa shape index (κ3) is 6.82. The summed E-state index contributed by atoms with van der Waals surface area (Å²) in [6.45, 7) is 0. The van der Waals surface area contributed by atoms with E-state index in [1.165, 1.54) is 16.3 Å². The molecular formula is C62H40N6. The lowest BCUT2D eigenvalue weighted by Gasteiger charge is -2.13. The molecule has 4 heterocycles. The maximum Gasteiger partial charge on any atom is 0.238 e. The Morgan fingerprint density at radius 2 is 0.706 bits per heavy atom. The monoisotopic (exact) mass is 868 g/mol. The molecule has 0 fully saturated rings. The van der Waals surface area contributed by atoms with E-state index in [1.807, 2.05) is 30.3 Å². The highest BCUT2D eigenvalue weighted by atomic mass is 15.2. The van der Waals surface area contributed by atoms with Crippen molar-refractivity contribution in [3.63, 3.8) is 0 Å². The average Bonchev–Trinajstić information content (AvgIpc) is 3.93. The first-order chi connectivity index (χ1) is 33.7. The molecule has 318 valence electrons. The summed E-state index contributed by atoms with van der Waals surface area (Å²) < 4.78 is 4.60. The molecule has 13 aromatic rings. The van der Waals surface area contributed by atoms with E-state index < -0.39 is 0 Å². The number of fused-ring (bicyclic) bond motifs is 6. The predicted molar refractivity (Wildman–Crippen MR) is 279 cm³/mol. The smallest absolute Gasteiger partial charge is 0.238 e. The van der Waals surface area contributed by atoms with Crippen LogP contribution in [0.4, 0.5) is 0 Å². The number of aromatic nitrogens is 6. The molecule has 6 nitrogen and oxygen atoms in total. The van der Waals surface area contributed by atoms with E-state index in [2.05, 4.69) is 221 Å². The van der Waals surface area contributed by atoms with Crippen molar-refractivity contribution < 1.29 is 0 Å². The van der Waals surface area contributed by atoms with Crippen molar-refractivity contribution in [3.8, 4) is 79.2 Å². The van der Waals surface area contributed by atoms with Gasteiger partial charge in [0.25, 0.3) is 0 Å². The lowest BCUT2D eigenvalue weighted by molar-refractivity contribution is 0.953. The van der Waals surface area contributed by atoms with Crippen molar-refractivity contribution >= 4 is 43.6 Å². The Bertz CT molecular complexity index is 3950. The van der Waals surface area contributed by atoms with E-state index in [-0.39, 0.29) is 0 Å². The van der Waals surface area contributed by atoms with Crippen LogP contribution < -0.4 is 0 Å². The molecule has 0 saturated carbocycles. The summed E-state index contributed by atoms with van der Waals surface area (Å²) in [6, 6.07) is 85.1. The molecule has 4 aromatic heterocycles. The van der Waals surface area contributed by atoms with E-state index in [1.54, 1.807) is 0 Å². The summed E-state index contributed by atoms with van der Waals surface area (Å²) in [6.07, 6.45) is 0. The van der Waals surface area contributed by atoms with E-state index in [0.717, 1.165) is 88.9 Å². The van der Waals surface area contributed by atoms with Gasteiger partial charge in [-0.15, -0.1) is 0 Å². The van der Waals surface area contributed by atoms with Crippen LogP contribution in [0.2, 0.25) is 0 Å². The van der Waals surface area contributed by atoms with Crippen LogP contribution >= 0.6 is 0 Å². The van der Waals surface area contributed by atoms with Crippen LogP contribution in [0.15, 0.2) is 243 Å². The highest BCUT2D eigenvalue weighted by Gasteiger charge is 2.22. The van der Waals surface area contributed by atoms with Gasteiger partial charge in [0, 0.05) is 49.5 Å². The van der Waals surface area contributed by atoms with E-state index in [0.29, 0.717) is 17.6 Å². The number of para-hydroxylation sites is 2. The minimum atomic E-state index is 0.536. The Balaban J connectivity index is 1.02. The zero-order chi connectivity index (χ0) is 45.0. The fourth-order valence-corrected chi connectivity index (χ4v) is 9.74. The number of pyridine rings is 1. The molecule has 6 heteroatoms. The minimum Gasteiger partial charge on any atom is -0.309 e. The van der Waals surface area contributed by atoms with Crippen LogP contribution in [0.25, 0.3) is 123 Å². The highest BCUT2D eigenvalue weighted by Crippen LogP contribution is 2.40. The van der Waals surface area contributed by atoms with Crippen LogP contribution in [-0.4, -0.2) is 29.1 Å². The lowest BCUT2D eigenvalue weighted by Crippen LogP contribution is -2.06. The number of hydrogen-bond donors (Lipinski definition) is 0. The third-order valence-corrected chi connectivity index (χ3v) is 13.0. The molecule has 0 aliphatic rings. The first kappa shape index (κ1) is 39.1. The molecule has 0 amide bonds. The molecular weight excluding hydrogens is 829 g/mol. The molecule has 68 heavy (non-hydrogen) atoms. The van der Waals surface area contributed by atoms with E-state index in [9.17, 15) is 0 Å². The van der Waals surface area contributed by atoms with Crippen LogP contribution in [-0.2, 0) is 0 Å². The molecule has 0 unspecified atom stereocenters. The highest BCUT2D eigenvalue weighted by molar-refractivity contribution is 6.19. The summed E-state index contributed by atoms with van der Waals surface area (Å²) in [5, 5.41) is 4.62. The van der Waals surface area contributed by atoms with Crippen LogP contribution in [0.1, 0.15) is 0 Å². The van der Waals surface area contributed by atoms with Gasteiger partial charge in [0.05, 0.1) is 33.5 Å². The minimum absolute atomic E-state index is 0.536. The molecule has 0 N–H and O–H groups in total. The molecule has 9 aromatic carbocycles. The quantitative estimate of drug-likeness (QED) is 0.153. The number of rotatable bonds is 8. The topological polar surface area (TPSA) is 61.4 Å². The van der Waals surface area contributed by atoms with E-state index >= 15 is 0 Å². The Labute approximate surface area is 392 Å². The maximum atomic E-state index is 5.40. The first-order valence-electron chi connectivity index (χ1n) is 22.9. The Kier molecular flexibility index (Phi) is 9.39. The third-order valence-electron chi connectivity index (χ3n) is 13.0. The summed E-state index contributed by atoms with van der Waals surface area (Å²) >= 11 is 0. The van der Waals surface area contributed by atoms with Gasteiger partial charge in [-0.2, -0.15) is 9.97 Å². The van der Waals surface area contributed by atoms with Crippen molar-refractivity contribution in [2.45, 2.75) is 0 Å². The van der Waals surface area contributed by atoms with Gasteiger partial charge < -0.3 is 4.57 Å². The number of benzene rings is 9. The summed E-state index contributed by atoms with van der Waals surface area (Å²) in [5.41, 5.74) is 15.5. The van der Waals surface area contributed by atoms with Crippen molar-refractivity contribution in [1.82, 2.24) is 29.1 Å². The zero-order valence-corrected chi connectivity index (χ0v) is 36.8. The number of hydrogen-bond acceptors (Lipinski definition) is 4. The van der Waals surface area contributed by atoms with Gasteiger partial charge in [0.1, 0.15) is 0 Å². The average molecular weight is 869 g/mol. The Hall–Kier alpha value is -9.26. The second-order valence-electron chi connectivity index (χ2n) is 17.1. The predicted octanol–water partition coefficient (Wildman–Crippen LogP) is 15.5. The summed E-state index contributed by atoms with van der Waals surface area (Å²) in [4.78, 5) is 21.2. The molecule has 0 saturated heterocycles.